The molecule has 1 amide bonds. The molecule has 0 aromatic carbocycles. The summed E-state index contributed by atoms with van der Waals surface area (Å²) in [5, 5.41) is 12.9. The summed E-state index contributed by atoms with van der Waals surface area (Å²) in [7, 11) is 3.92. The van der Waals surface area contributed by atoms with Gasteiger partial charge in [0, 0.05) is 63.5 Å². The third-order valence-corrected chi connectivity index (χ3v) is 7.29. The number of carbonyl (C=O) groups excluding carboxylic acids is 1. The van der Waals surface area contributed by atoms with Gasteiger partial charge in [-0.1, -0.05) is 0 Å². The molecule has 4 heterocycles. The summed E-state index contributed by atoms with van der Waals surface area (Å²) in [5.41, 5.74) is 2.72. The van der Waals surface area contributed by atoms with E-state index in [4.69, 9.17) is 9.73 Å². The number of amides is 1. The fourth-order valence-electron chi connectivity index (χ4n) is 4.83. The average molecular weight is 486 g/mol. The molecule has 1 N–H and O–H groups in total. The lowest BCUT2D eigenvalue weighted by atomic mass is 9.90. The van der Waals surface area contributed by atoms with Crippen molar-refractivity contribution in [2.24, 2.45) is 4.99 Å². The third kappa shape index (κ3) is 4.50. The smallest absolute Gasteiger partial charge is 0.253 e. The van der Waals surface area contributed by atoms with Gasteiger partial charge in [-0.3, -0.25) is 19.7 Å². The van der Waals surface area contributed by atoms with E-state index in [1.807, 2.05) is 44.4 Å². The summed E-state index contributed by atoms with van der Waals surface area (Å²) in [5.74, 6) is 0.661. The van der Waals surface area contributed by atoms with E-state index in [1.165, 1.54) is 0 Å². The highest BCUT2D eigenvalue weighted by molar-refractivity contribution is 5.98. The number of ether oxygens (including phenoxy) is 1. The highest BCUT2D eigenvalue weighted by Crippen LogP contribution is 2.46. The number of anilines is 1. The van der Waals surface area contributed by atoms with E-state index in [0.717, 1.165) is 35.5 Å². The zero-order valence-electron chi connectivity index (χ0n) is 21.0. The second-order valence-corrected chi connectivity index (χ2v) is 9.90. The van der Waals surface area contributed by atoms with Gasteiger partial charge in [0.05, 0.1) is 30.4 Å². The topological polar surface area (TPSA) is 107 Å². The molecule has 9 nitrogen and oxygen atoms in total. The first-order chi connectivity index (χ1) is 17.4. The molecular formula is C27H31N7O2. The summed E-state index contributed by atoms with van der Waals surface area (Å²) >= 11 is 0. The number of rotatable bonds is 6. The molecule has 5 rings (SSSR count). The lowest BCUT2D eigenvalue weighted by Gasteiger charge is -2.45. The maximum Gasteiger partial charge on any atom is 0.253 e. The zero-order chi connectivity index (χ0) is 25.3. The summed E-state index contributed by atoms with van der Waals surface area (Å²) in [6.07, 6.45) is 7.45. The summed E-state index contributed by atoms with van der Waals surface area (Å²) in [6.45, 7) is 4.52. The number of morpholine rings is 1. The van der Waals surface area contributed by atoms with Crippen LogP contribution in [0.3, 0.4) is 0 Å². The summed E-state index contributed by atoms with van der Waals surface area (Å²) in [4.78, 5) is 31.5. The highest BCUT2D eigenvalue weighted by atomic mass is 16.5. The van der Waals surface area contributed by atoms with Gasteiger partial charge in [-0.2, -0.15) is 5.26 Å². The molecule has 36 heavy (non-hydrogen) atoms. The number of aliphatic imine (C=N–C) groups is 1. The quantitative estimate of drug-likeness (QED) is 0.670. The van der Waals surface area contributed by atoms with E-state index in [-0.39, 0.29) is 5.91 Å². The number of nitriles is 1. The average Bonchev–Trinajstić information content (AvgIpc) is 3.72. The maximum atomic E-state index is 13.6. The Bertz CT molecular complexity index is 1250. The molecule has 2 aromatic heterocycles. The Morgan fingerprint density at radius 1 is 1.19 bits per heavy atom. The molecule has 1 saturated heterocycles. The highest BCUT2D eigenvalue weighted by Gasteiger charge is 2.47. The van der Waals surface area contributed by atoms with Crippen molar-refractivity contribution in [1.82, 2.24) is 20.2 Å². The van der Waals surface area contributed by atoms with E-state index >= 15 is 0 Å². The van der Waals surface area contributed by atoms with Crippen LogP contribution >= 0.6 is 0 Å². The van der Waals surface area contributed by atoms with Crippen molar-refractivity contribution in [3.05, 3.63) is 59.2 Å². The molecule has 1 aliphatic carbocycles. The molecule has 2 aliphatic heterocycles. The van der Waals surface area contributed by atoms with Crippen molar-refractivity contribution in [2.75, 3.05) is 45.3 Å². The monoisotopic (exact) mass is 485 g/mol. The molecule has 186 valence electrons. The van der Waals surface area contributed by atoms with E-state index in [0.29, 0.717) is 44.0 Å². The molecule has 1 unspecified atom stereocenters. The number of aromatic nitrogens is 2. The van der Waals surface area contributed by atoms with Gasteiger partial charge in [-0.25, -0.2) is 4.98 Å². The van der Waals surface area contributed by atoms with Crippen molar-refractivity contribution in [1.29, 1.82) is 5.26 Å². The van der Waals surface area contributed by atoms with Crippen LogP contribution in [0, 0.1) is 11.3 Å². The van der Waals surface area contributed by atoms with Gasteiger partial charge in [0.25, 0.3) is 5.91 Å². The van der Waals surface area contributed by atoms with E-state index < -0.39 is 11.1 Å². The predicted molar refractivity (Wildman–Crippen MR) is 138 cm³/mol. The number of nitrogens with zero attached hydrogens (tertiary/aromatic N) is 6. The van der Waals surface area contributed by atoms with Crippen LogP contribution in [-0.4, -0.2) is 73.1 Å². The molecular weight excluding hydrogens is 454 g/mol. The van der Waals surface area contributed by atoms with Crippen LogP contribution in [0.2, 0.25) is 0 Å². The Balaban J connectivity index is 1.46. The van der Waals surface area contributed by atoms with Gasteiger partial charge in [0.2, 0.25) is 0 Å². The Morgan fingerprint density at radius 3 is 2.61 bits per heavy atom. The molecule has 0 spiro atoms. The van der Waals surface area contributed by atoms with Gasteiger partial charge >= 0.3 is 0 Å². The molecule has 1 atom stereocenters. The van der Waals surface area contributed by atoms with E-state index in [1.54, 1.807) is 18.3 Å². The standard InChI is InChI=1S/C27H31N7O2/c1-19-22(21-4-5-24(30-16-21)33(2)3)15-27(18-31-19,34-10-12-36-13-11-34)32-25(35)20-6-9-29-23(14-20)26(17-28)7-8-26/h4-6,9,14,16,18H,7-8,10-13,15H2,1-3H3,(H,32,35). The zero-order valence-corrected chi connectivity index (χ0v) is 21.0. The first kappa shape index (κ1) is 24.1. The van der Waals surface area contributed by atoms with Crippen LogP contribution < -0.4 is 10.2 Å². The molecule has 9 heteroatoms. The van der Waals surface area contributed by atoms with Crippen molar-refractivity contribution < 1.29 is 9.53 Å². The van der Waals surface area contributed by atoms with Crippen molar-refractivity contribution in [3.63, 3.8) is 0 Å². The van der Waals surface area contributed by atoms with Crippen LogP contribution in [0.25, 0.3) is 5.57 Å². The number of allylic oxidation sites excluding steroid dienone is 1. The van der Waals surface area contributed by atoms with Crippen molar-refractivity contribution in [3.8, 4) is 6.07 Å². The predicted octanol–water partition coefficient (Wildman–Crippen LogP) is 2.76. The molecule has 1 saturated carbocycles. The number of hydrogen-bond acceptors (Lipinski definition) is 8. The molecule has 2 aromatic rings. The van der Waals surface area contributed by atoms with Crippen LogP contribution in [0.15, 0.2) is 47.3 Å². The Kier molecular flexibility index (Phi) is 6.33. The Morgan fingerprint density at radius 2 is 1.97 bits per heavy atom. The van der Waals surface area contributed by atoms with Crippen molar-refractivity contribution >= 4 is 23.5 Å². The minimum atomic E-state index is -0.814. The fraction of sp³-hybridized carbons (Fsp3) is 0.444. The lowest BCUT2D eigenvalue weighted by Crippen LogP contribution is -2.65. The first-order valence-electron chi connectivity index (χ1n) is 12.3. The van der Waals surface area contributed by atoms with E-state index in [2.05, 4.69) is 32.3 Å². The van der Waals surface area contributed by atoms with Crippen molar-refractivity contribution in [2.45, 2.75) is 37.3 Å². The van der Waals surface area contributed by atoms with Gasteiger partial charge in [-0.15, -0.1) is 0 Å². The number of hydrogen-bond donors (Lipinski definition) is 1. The van der Waals surface area contributed by atoms with Crippen LogP contribution in [0.5, 0.6) is 0 Å². The SMILES string of the molecule is CC1=C(c2ccc(N(C)C)nc2)CC(NC(=O)c2ccnc(C3(C#N)CC3)c2)(N2CCOCC2)C=N1. The second-order valence-electron chi connectivity index (χ2n) is 9.90. The molecule has 3 aliphatic rings. The maximum absolute atomic E-state index is 13.6. The molecule has 0 radical (unpaired) electrons. The minimum Gasteiger partial charge on any atom is -0.379 e. The van der Waals surface area contributed by atoms with Crippen LogP contribution in [-0.2, 0) is 10.2 Å². The first-order valence-corrected chi connectivity index (χ1v) is 12.3. The van der Waals surface area contributed by atoms with Gasteiger partial charge in [-0.05, 0) is 55.2 Å². The van der Waals surface area contributed by atoms with Gasteiger partial charge < -0.3 is 15.0 Å². The number of pyridine rings is 2. The minimum absolute atomic E-state index is 0.217. The molecule has 0 bridgehead atoms. The Hall–Kier alpha value is -3.61. The summed E-state index contributed by atoms with van der Waals surface area (Å²) < 4.78 is 5.60. The number of nitrogens with one attached hydrogen (secondary N) is 1. The Labute approximate surface area is 211 Å². The molecule has 2 fully saturated rings. The summed E-state index contributed by atoms with van der Waals surface area (Å²) in [6, 6.07) is 9.86. The van der Waals surface area contributed by atoms with Gasteiger partial charge in [0.1, 0.15) is 11.5 Å². The largest absolute Gasteiger partial charge is 0.379 e. The van der Waals surface area contributed by atoms with Crippen LogP contribution in [0.4, 0.5) is 5.82 Å². The second kappa shape index (κ2) is 9.45. The van der Waals surface area contributed by atoms with E-state index in [9.17, 15) is 10.1 Å². The lowest BCUT2D eigenvalue weighted by molar-refractivity contribution is -0.00621. The third-order valence-electron chi connectivity index (χ3n) is 7.29. The van der Waals surface area contributed by atoms with Crippen LogP contribution in [0.1, 0.15) is 47.8 Å². The van der Waals surface area contributed by atoms with Gasteiger partial charge in [0.15, 0.2) is 0 Å². The fourth-order valence-corrected chi connectivity index (χ4v) is 4.83. The normalized spacial score (nSPS) is 23.2. The number of carbonyl (C=O) groups is 1.